The van der Waals surface area contributed by atoms with E-state index in [-0.39, 0.29) is 13.1 Å². The lowest BCUT2D eigenvalue weighted by Gasteiger charge is -2.19. The summed E-state index contributed by atoms with van der Waals surface area (Å²) in [5.41, 5.74) is 4.36. The number of nitrogens with one attached hydrogen (secondary N) is 1. The maximum absolute atomic E-state index is 11.0. The van der Waals surface area contributed by atoms with Crippen LogP contribution in [0.25, 0.3) is 0 Å². The SMILES string of the molecule is CC(C)(C)OC(=O)CNCC(N)=O. The molecule has 0 aliphatic rings. The summed E-state index contributed by atoms with van der Waals surface area (Å²) in [4.78, 5) is 21.3. The Balaban J connectivity index is 3.59. The second-order valence-electron chi connectivity index (χ2n) is 3.66. The van der Waals surface area contributed by atoms with Gasteiger partial charge in [-0.3, -0.25) is 14.9 Å². The number of esters is 1. The van der Waals surface area contributed by atoms with E-state index in [4.69, 9.17) is 10.5 Å². The van der Waals surface area contributed by atoms with E-state index in [1.54, 1.807) is 20.8 Å². The second kappa shape index (κ2) is 4.81. The first-order valence-electron chi connectivity index (χ1n) is 4.02. The van der Waals surface area contributed by atoms with E-state index < -0.39 is 17.5 Å². The zero-order valence-corrected chi connectivity index (χ0v) is 8.22. The predicted molar refractivity (Wildman–Crippen MR) is 47.9 cm³/mol. The molecule has 0 saturated heterocycles. The minimum atomic E-state index is -0.497. The van der Waals surface area contributed by atoms with E-state index in [0.717, 1.165) is 0 Å². The molecule has 76 valence electrons. The average molecular weight is 188 g/mol. The van der Waals surface area contributed by atoms with Crippen LogP contribution in [0.4, 0.5) is 0 Å². The Labute approximate surface area is 77.6 Å². The van der Waals surface area contributed by atoms with Crippen molar-refractivity contribution >= 4 is 11.9 Å². The summed E-state index contributed by atoms with van der Waals surface area (Å²) >= 11 is 0. The first-order valence-corrected chi connectivity index (χ1v) is 4.02. The molecule has 0 saturated carbocycles. The third-order valence-corrected chi connectivity index (χ3v) is 0.989. The Kier molecular flexibility index (Phi) is 4.40. The molecule has 0 fully saturated rings. The zero-order chi connectivity index (χ0) is 10.5. The van der Waals surface area contributed by atoms with Crippen molar-refractivity contribution in [1.29, 1.82) is 0 Å². The number of hydrogen-bond donors (Lipinski definition) is 2. The molecule has 0 aliphatic carbocycles. The summed E-state index contributed by atoms with van der Waals surface area (Å²) in [5, 5.41) is 2.56. The van der Waals surface area contributed by atoms with Gasteiger partial charge < -0.3 is 10.5 Å². The lowest BCUT2D eigenvalue weighted by molar-refractivity contribution is -0.153. The van der Waals surface area contributed by atoms with Gasteiger partial charge in [0.25, 0.3) is 0 Å². The van der Waals surface area contributed by atoms with Crippen molar-refractivity contribution in [2.75, 3.05) is 13.1 Å². The van der Waals surface area contributed by atoms with Crippen LogP contribution in [0, 0.1) is 0 Å². The quantitative estimate of drug-likeness (QED) is 0.577. The summed E-state index contributed by atoms with van der Waals surface area (Å²) in [7, 11) is 0. The fourth-order valence-electron chi connectivity index (χ4n) is 0.665. The molecule has 0 bridgehead atoms. The number of ether oxygens (including phenoxy) is 1. The van der Waals surface area contributed by atoms with E-state index in [0.29, 0.717) is 0 Å². The van der Waals surface area contributed by atoms with Crippen molar-refractivity contribution in [3.8, 4) is 0 Å². The number of primary amides is 1. The summed E-state index contributed by atoms with van der Waals surface area (Å²) in [6.07, 6.45) is 0. The number of carbonyl (C=O) groups is 2. The Bertz CT molecular complexity index is 196. The molecule has 13 heavy (non-hydrogen) atoms. The maximum Gasteiger partial charge on any atom is 0.320 e. The van der Waals surface area contributed by atoms with E-state index in [9.17, 15) is 9.59 Å². The molecule has 0 spiro atoms. The van der Waals surface area contributed by atoms with Crippen LogP contribution in [0.15, 0.2) is 0 Å². The Morgan fingerprint density at radius 1 is 1.31 bits per heavy atom. The number of carbonyl (C=O) groups excluding carboxylic acids is 2. The lowest BCUT2D eigenvalue weighted by atomic mass is 10.2. The van der Waals surface area contributed by atoms with Crippen molar-refractivity contribution in [3.05, 3.63) is 0 Å². The van der Waals surface area contributed by atoms with Gasteiger partial charge >= 0.3 is 5.97 Å². The van der Waals surface area contributed by atoms with Crippen molar-refractivity contribution < 1.29 is 14.3 Å². The minimum absolute atomic E-state index is 0.000208. The third-order valence-electron chi connectivity index (χ3n) is 0.989. The Hall–Kier alpha value is -1.10. The van der Waals surface area contributed by atoms with Crippen LogP contribution in [-0.4, -0.2) is 30.6 Å². The lowest BCUT2D eigenvalue weighted by Crippen LogP contribution is -2.35. The highest BCUT2D eigenvalue weighted by Gasteiger charge is 2.15. The van der Waals surface area contributed by atoms with Crippen molar-refractivity contribution in [2.24, 2.45) is 5.73 Å². The normalized spacial score (nSPS) is 11.0. The first-order chi connectivity index (χ1) is 5.81. The zero-order valence-electron chi connectivity index (χ0n) is 8.22. The van der Waals surface area contributed by atoms with Gasteiger partial charge in [0.1, 0.15) is 5.60 Å². The van der Waals surface area contributed by atoms with Gasteiger partial charge in [0.05, 0.1) is 13.1 Å². The van der Waals surface area contributed by atoms with Crippen LogP contribution in [0.1, 0.15) is 20.8 Å². The molecule has 0 radical (unpaired) electrons. The highest BCUT2D eigenvalue weighted by molar-refractivity contribution is 5.77. The fourth-order valence-corrected chi connectivity index (χ4v) is 0.665. The highest BCUT2D eigenvalue weighted by Crippen LogP contribution is 2.05. The number of rotatable bonds is 4. The van der Waals surface area contributed by atoms with Crippen molar-refractivity contribution in [1.82, 2.24) is 5.32 Å². The number of amides is 1. The van der Waals surface area contributed by atoms with E-state index in [2.05, 4.69) is 5.32 Å². The fraction of sp³-hybridized carbons (Fsp3) is 0.750. The molecule has 0 atom stereocenters. The third kappa shape index (κ3) is 8.81. The summed E-state index contributed by atoms with van der Waals surface area (Å²) in [6, 6.07) is 0. The van der Waals surface area contributed by atoms with Crippen LogP contribution in [0.5, 0.6) is 0 Å². The highest BCUT2D eigenvalue weighted by atomic mass is 16.6. The van der Waals surface area contributed by atoms with Crippen LogP contribution in [0.2, 0.25) is 0 Å². The van der Waals surface area contributed by atoms with E-state index in [1.165, 1.54) is 0 Å². The maximum atomic E-state index is 11.0. The van der Waals surface area contributed by atoms with Crippen molar-refractivity contribution in [2.45, 2.75) is 26.4 Å². The Morgan fingerprint density at radius 3 is 2.23 bits per heavy atom. The molecule has 0 heterocycles. The van der Waals surface area contributed by atoms with Gasteiger partial charge in [-0.15, -0.1) is 0 Å². The van der Waals surface area contributed by atoms with E-state index in [1.807, 2.05) is 0 Å². The second-order valence-corrected chi connectivity index (χ2v) is 3.66. The standard InChI is InChI=1S/C8H16N2O3/c1-8(2,3)13-7(12)5-10-4-6(9)11/h10H,4-5H2,1-3H3,(H2,9,11). The smallest absolute Gasteiger partial charge is 0.320 e. The molecule has 5 nitrogen and oxygen atoms in total. The van der Waals surface area contributed by atoms with Crippen molar-refractivity contribution in [3.63, 3.8) is 0 Å². The molecule has 0 aromatic rings. The minimum Gasteiger partial charge on any atom is -0.459 e. The topological polar surface area (TPSA) is 81.4 Å². The van der Waals surface area contributed by atoms with Gasteiger partial charge in [0.2, 0.25) is 5.91 Å². The van der Waals surface area contributed by atoms with Gasteiger partial charge in [-0.2, -0.15) is 0 Å². The molecule has 0 unspecified atom stereocenters. The monoisotopic (exact) mass is 188 g/mol. The molecular weight excluding hydrogens is 172 g/mol. The van der Waals surface area contributed by atoms with Crippen LogP contribution in [0.3, 0.4) is 0 Å². The van der Waals surface area contributed by atoms with Gasteiger partial charge in [-0.1, -0.05) is 0 Å². The van der Waals surface area contributed by atoms with Gasteiger partial charge in [-0.05, 0) is 20.8 Å². The number of hydrogen-bond acceptors (Lipinski definition) is 4. The van der Waals surface area contributed by atoms with Crippen LogP contribution in [-0.2, 0) is 14.3 Å². The van der Waals surface area contributed by atoms with Gasteiger partial charge in [-0.25, -0.2) is 0 Å². The predicted octanol–water partition coefficient (Wildman–Crippen LogP) is -0.597. The number of nitrogens with two attached hydrogens (primary N) is 1. The van der Waals surface area contributed by atoms with Crippen LogP contribution < -0.4 is 11.1 Å². The molecule has 0 aromatic heterocycles. The Morgan fingerprint density at radius 2 is 1.85 bits per heavy atom. The molecule has 0 rings (SSSR count). The summed E-state index contributed by atoms with van der Waals surface area (Å²) < 4.78 is 4.97. The summed E-state index contributed by atoms with van der Waals surface area (Å²) in [6.45, 7) is 5.32. The molecule has 5 heteroatoms. The average Bonchev–Trinajstić information content (AvgIpc) is 1.81. The molecular formula is C8H16N2O3. The largest absolute Gasteiger partial charge is 0.459 e. The van der Waals surface area contributed by atoms with Gasteiger partial charge in [0, 0.05) is 0 Å². The molecule has 3 N–H and O–H groups in total. The van der Waals surface area contributed by atoms with Gasteiger partial charge in [0.15, 0.2) is 0 Å². The molecule has 0 aliphatic heterocycles. The molecule has 1 amide bonds. The van der Waals surface area contributed by atoms with Crippen LogP contribution >= 0.6 is 0 Å². The van der Waals surface area contributed by atoms with E-state index >= 15 is 0 Å². The summed E-state index contributed by atoms with van der Waals surface area (Å²) in [5.74, 6) is -0.891. The first kappa shape index (κ1) is 11.9. The molecule has 0 aromatic carbocycles.